The molecule has 1 aromatic carbocycles. The van der Waals surface area contributed by atoms with Gasteiger partial charge in [0, 0.05) is 18.5 Å². The number of aliphatic hydroxyl groups is 1. The summed E-state index contributed by atoms with van der Waals surface area (Å²) in [5.41, 5.74) is 1.68. The summed E-state index contributed by atoms with van der Waals surface area (Å²) < 4.78 is 27.3. The lowest BCUT2D eigenvalue weighted by Crippen LogP contribution is -2.19. The Morgan fingerprint density at radius 1 is 1.13 bits per heavy atom. The number of thioether (sulfide) groups is 1. The molecule has 1 unspecified atom stereocenters. The third-order valence-corrected chi connectivity index (χ3v) is 5.59. The number of aliphatic hydroxyl groups excluding tert-OH is 1. The molecule has 30 heavy (non-hydrogen) atoms. The first kappa shape index (κ1) is 22.0. The first-order chi connectivity index (χ1) is 14.2. The quantitative estimate of drug-likeness (QED) is 0.419. The normalized spacial score (nSPS) is 13.6. The van der Waals surface area contributed by atoms with Crippen LogP contribution in [-0.2, 0) is 17.1 Å². The van der Waals surface area contributed by atoms with E-state index >= 15 is 0 Å². The van der Waals surface area contributed by atoms with E-state index in [-0.39, 0.29) is 23.8 Å². The number of nitrogens with zero attached hydrogens (tertiary/aromatic N) is 5. The molecule has 2 aromatic heterocycles. The van der Waals surface area contributed by atoms with Gasteiger partial charge in [-0.05, 0) is 18.6 Å². The molecule has 3 aromatic rings. The van der Waals surface area contributed by atoms with Crippen molar-refractivity contribution in [1.82, 2.24) is 24.7 Å². The number of hydrogen-bond acceptors (Lipinski definition) is 9. The van der Waals surface area contributed by atoms with Crippen LogP contribution in [0.25, 0.3) is 0 Å². The predicted molar refractivity (Wildman–Crippen MR) is 116 cm³/mol. The Hall–Kier alpha value is -2.70. The number of nitrogens with one attached hydrogen (secondary N) is 2. The molecule has 3 N–H and O–H groups in total. The summed E-state index contributed by atoms with van der Waals surface area (Å²) in [5, 5.41) is 17.4. The van der Waals surface area contributed by atoms with Gasteiger partial charge in [0.15, 0.2) is 5.16 Å². The molecule has 0 aliphatic carbocycles. The van der Waals surface area contributed by atoms with Gasteiger partial charge in [-0.3, -0.25) is 9.40 Å². The van der Waals surface area contributed by atoms with E-state index in [1.165, 1.54) is 11.8 Å². The Balaban J connectivity index is 1.89. The van der Waals surface area contributed by atoms with Gasteiger partial charge in [-0.2, -0.15) is 20.1 Å². The van der Waals surface area contributed by atoms with Crippen molar-refractivity contribution in [2.75, 3.05) is 22.9 Å². The van der Waals surface area contributed by atoms with Crippen LogP contribution < -0.4 is 10.0 Å². The fraction of sp³-hybridized carbons (Fsp3) is 0.333. The van der Waals surface area contributed by atoms with Gasteiger partial charge in [0.05, 0.1) is 24.6 Å². The van der Waals surface area contributed by atoms with Crippen molar-refractivity contribution in [1.29, 1.82) is 0 Å². The summed E-state index contributed by atoms with van der Waals surface area (Å²) in [4.78, 5) is 12.8. The van der Waals surface area contributed by atoms with Crippen LogP contribution in [0.4, 0.5) is 11.9 Å². The molecule has 10 nitrogen and oxygen atoms in total. The number of sulfonamides is 1. The fourth-order valence-electron chi connectivity index (χ4n) is 2.62. The number of anilines is 2. The van der Waals surface area contributed by atoms with Crippen molar-refractivity contribution in [2.24, 2.45) is 7.05 Å². The lowest BCUT2D eigenvalue weighted by molar-refractivity contribution is 0.273. The largest absolute Gasteiger partial charge is 0.394 e. The Morgan fingerprint density at radius 2 is 1.83 bits per heavy atom. The number of aromatic nitrogens is 5. The molecule has 2 heterocycles. The molecule has 160 valence electrons. The summed E-state index contributed by atoms with van der Waals surface area (Å²) in [5.74, 6) is 0.0269. The first-order valence-corrected chi connectivity index (χ1v) is 11.8. The van der Waals surface area contributed by atoms with Crippen LogP contribution in [0.5, 0.6) is 0 Å². The number of rotatable bonds is 9. The van der Waals surface area contributed by atoms with Gasteiger partial charge in [-0.15, -0.1) is 0 Å². The zero-order valence-electron chi connectivity index (χ0n) is 16.7. The maximum Gasteiger partial charge on any atom is 0.242 e. The summed E-state index contributed by atoms with van der Waals surface area (Å²) >= 11 is 1.37. The molecule has 2 atom stereocenters. The topological polar surface area (TPSA) is 135 Å². The van der Waals surface area contributed by atoms with Gasteiger partial charge in [0.25, 0.3) is 0 Å². The fourth-order valence-corrected chi connectivity index (χ4v) is 3.93. The third-order valence-electron chi connectivity index (χ3n) is 4.02. The molecule has 0 amide bonds. The molecular formula is C18H23N7O3S2. The molecule has 0 bridgehead atoms. The van der Waals surface area contributed by atoms with Crippen molar-refractivity contribution in [3.8, 4) is 0 Å². The van der Waals surface area contributed by atoms with Crippen molar-refractivity contribution in [3.63, 3.8) is 0 Å². The monoisotopic (exact) mass is 449 g/mol. The second kappa shape index (κ2) is 9.41. The number of benzene rings is 1. The van der Waals surface area contributed by atoms with Crippen LogP contribution in [0.15, 0.2) is 47.8 Å². The highest BCUT2D eigenvalue weighted by atomic mass is 32.2. The highest BCUT2D eigenvalue weighted by Crippen LogP contribution is 2.33. The molecule has 0 saturated carbocycles. The molecule has 0 fully saturated rings. The smallest absolute Gasteiger partial charge is 0.242 e. The van der Waals surface area contributed by atoms with Crippen molar-refractivity contribution in [3.05, 3.63) is 53.9 Å². The van der Waals surface area contributed by atoms with Crippen LogP contribution >= 0.6 is 11.8 Å². The van der Waals surface area contributed by atoms with Crippen LogP contribution in [0.2, 0.25) is 0 Å². The van der Waals surface area contributed by atoms with Gasteiger partial charge in [0.1, 0.15) is 0 Å². The van der Waals surface area contributed by atoms with Crippen molar-refractivity contribution < 1.29 is 13.5 Å². The average molecular weight is 450 g/mol. The number of hydrogen-bond donors (Lipinski definition) is 3. The van der Waals surface area contributed by atoms with Crippen LogP contribution in [0, 0.1) is 0 Å². The van der Waals surface area contributed by atoms with Gasteiger partial charge >= 0.3 is 0 Å². The molecule has 0 aliphatic heterocycles. The zero-order valence-corrected chi connectivity index (χ0v) is 18.4. The highest BCUT2D eigenvalue weighted by Gasteiger charge is 2.18. The van der Waals surface area contributed by atoms with Gasteiger partial charge in [0.2, 0.25) is 21.9 Å². The van der Waals surface area contributed by atoms with E-state index in [2.05, 4.69) is 30.1 Å². The highest BCUT2D eigenvalue weighted by molar-refractivity contribution is 7.99. The van der Waals surface area contributed by atoms with Crippen LogP contribution in [-0.4, -0.2) is 51.1 Å². The van der Waals surface area contributed by atoms with Gasteiger partial charge in [-0.1, -0.05) is 42.1 Å². The lowest BCUT2D eigenvalue weighted by atomic mass is 10.2. The molecule has 0 saturated heterocycles. The minimum absolute atomic E-state index is 0.0250. The molecule has 3 rings (SSSR count). The molecule has 0 radical (unpaired) electrons. The molecular weight excluding hydrogens is 426 g/mol. The van der Waals surface area contributed by atoms with Crippen molar-refractivity contribution in [2.45, 2.75) is 23.4 Å². The minimum Gasteiger partial charge on any atom is -0.394 e. The van der Waals surface area contributed by atoms with E-state index < -0.39 is 16.1 Å². The predicted octanol–water partition coefficient (Wildman–Crippen LogP) is 1.98. The Kier molecular flexibility index (Phi) is 6.90. The summed E-state index contributed by atoms with van der Waals surface area (Å²) in [6.07, 6.45) is 2.78. The third kappa shape index (κ3) is 6.15. The van der Waals surface area contributed by atoms with Crippen molar-refractivity contribution >= 4 is 33.7 Å². The molecule has 12 heteroatoms. The first-order valence-electron chi connectivity index (χ1n) is 9.06. The van der Waals surface area contributed by atoms with E-state index in [1.807, 2.05) is 37.3 Å². The van der Waals surface area contributed by atoms with E-state index in [9.17, 15) is 13.5 Å². The molecule has 0 aliphatic rings. The lowest BCUT2D eigenvalue weighted by Gasteiger charge is -2.16. The number of aryl methyl sites for hydroxylation is 1. The Labute approximate surface area is 179 Å². The minimum atomic E-state index is -3.58. The second-order valence-corrected chi connectivity index (χ2v) is 9.66. The van der Waals surface area contributed by atoms with Gasteiger partial charge in [-0.25, -0.2) is 8.42 Å². The van der Waals surface area contributed by atoms with Gasteiger partial charge < -0.3 is 10.4 Å². The maximum atomic E-state index is 11.7. The zero-order chi connectivity index (χ0) is 21.7. The maximum absolute atomic E-state index is 11.7. The van der Waals surface area contributed by atoms with Crippen LogP contribution in [0.3, 0.4) is 0 Å². The summed E-state index contributed by atoms with van der Waals surface area (Å²) in [6, 6.07) is 11.0. The Bertz CT molecular complexity index is 1090. The summed E-state index contributed by atoms with van der Waals surface area (Å²) in [6.45, 7) is 1.76. The van der Waals surface area contributed by atoms with E-state index in [0.29, 0.717) is 10.9 Å². The second-order valence-electron chi connectivity index (χ2n) is 6.60. The molecule has 0 spiro atoms. The Morgan fingerprint density at radius 3 is 2.43 bits per heavy atom. The van der Waals surface area contributed by atoms with E-state index in [1.54, 1.807) is 24.0 Å². The average Bonchev–Trinajstić information content (AvgIpc) is 3.11. The summed E-state index contributed by atoms with van der Waals surface area (Å²) in [7, 11) is -1.81. The van der Waals surface area contributed by atoms with E-state index in [4.69, 9.17) is 0 Å². The van der Waals surface area contributed by atoms with E-state index in [0.717, 1.165) is 11.8 Å². The standard InChI is InChI=1S/C18H23N7O3S2/c1-12(13-7-5-4-6-8-13)29-18-21-16(20-17(22-18)24-30(3,27)28)19-15(11-26)14-9-10-25(2)23-14/h4-10,12,15,26H,11H2,1-3H3,(H2,19,20,21,22,24)/t12?,15-/m0/s1. The SMILES string of the molecule is CC(Sc1nc(N[C@@H](CO)c2ccn(C)n2)nc(NS(C)(=O)=O)n1)c1ccccc1. The van der Waals surface area contributed by atoms with Crippen LogP contribution in [0.1, 0.15) is 29.5 Å².